The first kappa shape index (κ1) is 12.5. The third-order valence-corrected chi connectivity index (χ3v) is 2.23. The quantitative estimate of drug-likeness (QED) is 0.758. The van der Waals surface area contributed by atoms with Crippen molar-refractivity contribution in [2.75, 3.05) is 13.3 Å². The number of rotatable bonds is 6. The highest BCUT2D eigenvalue weighted by molar-refractivity contribution is 5.80. The van der Waals surface area contributed by atoms with Crippen molar-refractivity contribution < 1.29 is 19.0 Å². The van der Waals surface area contributed by atoms with Crippen LogP contribution < -0.4 is 4.74 Å². The summed E-state index contributed by atoms with van der Waals surface area (Å²) in [6, 6.07) is 3.05. The highest BCUT2D eigenvalue weighted by Gasteiger charge is 2.12. The molecule has 0 bridgehead atoms. The molecule has 1 rings (SSSR count). The molecule has 16 heavy (non-hydrogen) atoms. The molecule has 0 atom stereocenters. The maximum Gasteiger partial charge on any atom is 0.153 e. The molecule has 0 aliphatic heterocycles. The highest BCUT2D eigenvalue weighted by atomic mass is 19.1. The van der Waals surface area contributed by atoms with Crippen LogP contribution in [-0.4, -0.2) is 24.7 Å². The second-order valence-corrected chi connectivity index (χ2v) is 3.39. The highest BCUT2D eigenvalue weighted by Crippen LogP contribution is 2.31. The lowest BCUT2D eigenvalue weighted by Gasteiger charge is -2.12. The number of alkyl halides is 1. The van der Waals surface area contributed by atoms with Crippen LogP contribution in [-0.2, 0) is 6.42 Å². The third kappa shape index (κ3) is 2.72. The number of aldehydes is 1. The van der Waals surface area contributed by atoms with E-state index in [-0.39, 0.29) is 17.9 Å². The van der Waals surface area contributed by atoms with E-state index in [2.05, 4.69) is 0 Å². The van der Waals surface area contributed by atoms with E-state index in [1.165, 1.54) is 6.07 Å². The van der Waals surface area contributed by atoms with Gasteiger partial charge in [0.25, 0.3) is 0 Å². The van der Waals surface area contributed by atoms with Gasteiger partial charge >= 0.3 is 0 Å². The number of carbonyl (C=O) groups excluding carboxylic acids is 1. The summed E-state index contributed by atoms with van der Waals surface area (Å²) >= 11 is 0. The maximum atomic E-state index is 12.0. The Balaban J connectivity index is 3.06. The first-order valence-corrected chi connectivity index (χ1v) is 5.23. The summed E-state index contributed by atoms with van der Waals surface area (Å²) in [6.07, 6.45) is 1.99. The van der Waals surface area contributed by atoms with Crippen molar-refractivity contribution in [2.24, 2.45) is 0 Å². The number of carbonyl (C=O) groups is 1. The van der Waals surface area contributed by atoms with Gasteiger partial charge in [-0.3, -0.25) is 4.79 Å². The number of hydrogen-bond acceptors (Lipinski definition) is 3. The topological polar surface area (TPSA) is 46.5 Å². The zero-order chi connectivity index (χ0) is 12.0. The Morgan fingerprint density at radius 3 is 2.81 bits per heavy atom. The van der Waals surface area contributed by atoms with Crippen LogP contribution >= 0.6 is 0 Å². The molecule has 0 radical (unpaired) electrons. The van der Waals surface area contributed by atoms with Crippen LogP contribution in [0.4, 0.5) is 4.39 Å². The van der Waals surface area contributed by atoms with Crippen molar-refractivity contribution in [1.82, 2.24) is 0 Å². The molecule has 0 saturated heterocycles. The Hall–Kier alpha value is -1.58. The van der Waals surface area contributed by atoms with Gasteiger partial charge in [0.15, 0.2) is 6.29 Å². The van der Waals surface area contributed by atoms with Gasteiger partial charge in [-0.15, -0.1) is 0 Å². The van der Waals surface area contributed by atoms with Gasteiger partial charge < -0.3 is 9.84 Å². The smallest absolute Gasteiger partial charge is 0.153 e. The predicted molar refractivity (Wildman–Crippen MR) is 59.0 cm³/mol. The number of hydrogen-bond donors (Lipinski definition) is 1. The molecule has 1 N–H and O–H groups in total. The Morgan fingerprint density at radius 2 is 2.25 bits per heavy atom. The number of phenolic OH excluding ortho intramolecular Hbond substituents is 1. The van der Waals surface area contributed by atoms with Crippen molar-refractivity contribution in [2.45, 2.75) is 19.8 Å². The first-order valence-electron chi connectivity index (χ1n) is 5.23. The molecule has 0 amide bonds. The molecule has 0 spiro atoms. The van der Waals surface area contributed by atoms with Gasteiger partial charge in [-0.2, -0.15) is 0 Å². The fourth-order valence-corrected chi connectivity index (χ4v) is 1.51. The largest absolute Gasteiger partial charge is 0.507 e. The molecule has 0 saturated carbocycles. The van der Waals surface area contributed by atoms with Crippen LogP contribution in [0.25, 0.3) is 0 Å². The SMILES string of the molecule is CCCc1c(OCCF)ccc(C=O)c1O. The summed E-state index contributed by atoms with van der Waals surface area (Å²) in [6.45, 7) is 1.32. The van der Waals surface area contributed by atoms with Gasteiger partial charge in [-0.05, 0) is 18.6 Å². The number of benzene rings is 1. The van der Waals surface area contributed by atoms with Crippen LogP contribution in [0.3, 0.4) is 0 Å². The number of phenols is 1. The van der Waals surface area contributed by atoms with Crippen molar-refractivity contribution in [1.29, 1.82) is 0 Å². The zero-order valence-electron chi connectivity index (χ0n) is 9.20. The Kier molecular flexibility index (Phi) is 4.76. The van der Waals surface area contributed by atoms with E-state index in [0.29, 0.717) is 24.0 Å². The standard InChI is InChI=1S/C12H15FO3/c1-2-3-10-11(16-7-6-13)5-4-9(8-14)12(10)15/h4-5,8,15H,2-3,6-7H2,1H3. The molecule has 3 nitrogen and oxygen atoms in total. The molecule has 0 unspecified atom stereocenters. The van der Waals surface area contributed by atoms with Crippen molar-refractivity contribution in [3.05, 3.63) is 23.3 Å². The number of halogens is 1. The fraction of sp³-hybridized carbons (Fsp3) is 0.417. The summed E-state index contributed by atoms with van der Waals surface area (Å²) in [7, 11) is 0. The second-order valence-electron chi connectivity index (χ2n) is 3.39. The van der Waals surface area contributed by atoms with Crippen molar-refractivity contribution in [3.8, 4) is 11.5 Å². The molecule has 0 heterocycles. The van der Waals surface area contributed by atoms with E-state index in [9.17, 15) is 14.3 Å². The van der Waals surface area contributed by atoms with E-state index < -0.39 is 6.67 Å². The molecule has 1 aromatic rings. The van der Waals surface area contributed by atoms with Gasteiger partial charge in [0.2, 0.25) is 0 Å². The van der Waals surface area contributed by atoms with Gasteiger partial charge in [-0.25, -0.2) is 4.39 Å². The summed E-state index contributed by atoms with van der Waals surface area (Å²) in [5.74, 6) is 0.385. The minimum atomic E-state index is -0.582. The average molecular weight is 226 g/mol. The minimum Gasteiger partial charge on any atom is -0.507 e. The van der Waals surface area contributed by atoms with Crippen LogP contribution in [0.2, 0.25) is 0 Å². The molecule has 0 aliphatic carbocycles. The van der Waals surface area contributed by atoms with E-state index in [0.717, 1.165) is 6.42 Å². The lowest BCUT2D eigenvalue weighted by molar-refractivity contribution is 0.112. The van der Waals surface area contributed by atoms with E-state index in [4.69, 9.17) is 4.74 Å². The predicted octanol–water partition coefficient (Wildman–Crippen LogP) is 2.51. The monoisotopic (exact) mass is 226 g/mol. The molecular formula is C12H15FO3. The second kappa shape index (κ2) is 6.10. The zero-order valence-corrected chi connectivity index (χ0v) is 9.20. The van der Waals surface area contributed by atoms with Gasteiger partial charge in [-0.1, -0.05) is 13.3 Å². The van der Waals surface area contributed by atoms with E-state index >= 15 is 0 Å². The summed E-state index contributed by atoms with van der Waals surface area (Å²) in [4.78, 5) is 10.6. The molecule has 4 heteroatoms. The first-order chi connectivity index (χ1) is 7.74. The molecule has 1 aromatic carbocycles. The van der Waals surface area contributed by atoms with Crippen LogP contribution in [0.1, 0.15) is 29.3 Å². The molecular weight excluding hydrogens is 211 g/mol. The molecule has 0 aromatic heterocycles. The fourth-order valence-electron chi connectivity index (χ4n) is 1.51. The van der Waals surface area contributed by atoms with Gasteiger partial charge in [0.1, 0.15) is 24.8 Å². The Labute approximate surface area is 93.9 Å². The lowest BCUT2D eigenvalue weighted by atomic mass is 10.0. The van der Waals surface area contributed by atoms with Crippen LogP contribution in [0, 0.1) is 0 Å². The van der Waals surface area contributed by atoms with Crippen molar-refractivity contribution in [3.63, 3.8) is 0 Å². The van der Waals surface area contributed by atoms with Crippen LogP contribution in [0.5, 0.6) is 11.5 Å². The Bertz CT molecular complexity index is 364. The molecule has 88 valence electrons. The molecule has 0 fully saturated rings. The van der Waals surface area contributed by atoms with Crippen molar-refractivity contribution >= 4 is 6.29 Å². The number of aromatic hydroxyl groups is 1. The Morgan fingerprint density at radius 1 is 1.50 bits per heavy atom. The van der Waals surface area contributed by atoms with Gasteiger partial charge in [0, 0.05) is 5.56 Å². The third-order valence-electron chi connectivity index (χ3n) is 2.23. The van der Waals surface area contributed by atoms with E-state index in [1.54, 1.807) is 6.07 Å². The lowest BCUT2D eigenvalue weighted by Crippen LogP contribution is -2.02. The number of ether oxygens (including phenoxy) is 1. The summed E-state index contributed by atoms with van der Waals surface area (Å²) in [5.41, 5.74) is 0.802. The maximum absolute atomic E-state index is 12.0. The summed E-state index contributed by atoms with van der Waals surface area (Å²) < 4.78 is 17.2. The normalized spacial score (nSPS) is 10.1. The minimum absolute atomic E-state index is 0.0450. The summed E-state index contributed by atoms with van der Waals surface area (Å²) in [5, 5.41) is 9.80. The van der Waals surface area contributed by atoms with Crippen LogP contribution in [0.15, 0.2) is 12.1 Å². The average Bonchev–Trinajstić information content (AvgIpc) is 2.30. The van der Waals surface area contributed by atoms with E-state index in [1.807, 2.05) is 6.92 Å². The molecule has 0 aliphatic rings. The van der Waals surface area contributed by atoms with Gasteiger partial charge in [0.05, 0.1) is 5.56 Å².